The third-order valence-corrected chi connectivity index (χ3v) is 8.17. The summed E-state index contributed by atoms with van der Waals surface area (Å²) in [6.07, 6.45) is 12.2. The minimum atomic E-state index is -0.301. The van der Waals surface area contributed by atoms with Crippen molar-refractivity contribution in [3.8, 4) is 0 Å². The third kappa shape index (κ3) is 10.9. The Bertz CT molecular complexity index is 1670. The zero-order chi connectivity index (χ0) is 34.0. The van der Waals surface area contributed by atoms with E-state index in [9.17, 15) is 9.59 Å². The highest BCUT2D eigenvalue weighted by atomic mass is 16.2. The highest BCUT2D eigenvalue weighted by Crippen LogP contribution is 2.36. The van der Waals surface area contributed by atoms with Crippen LogP contribution in [-0.2, 0) is 28.9 Å². The van der Waals surface area contributed by atoms with E-state index in [0.29, 0.717) is 0 Å². The number of fused-ring (bicyclic) bond motifs is 3. The van der Waals surface area contributed by atoms with Crippen molar-refractivity contribution >= 4 is 28.7 Å². The molecule has 0 spiro atoms. The number of aromatic amines is 1. The molecule has 5 aromatic rings. The average Bonchev–Trinajstić information content (AvgIpc) is 3.53. The topological polar surface area (TPSA) is 88.0 Å². The number of ketones is 1. The van der Waals surface area contributed by atoms with Crippen molar-refractivity contribution < 1.29 is 9.59 Å². The number of rotatable bonds is 7. The maximum atomic E-state index is 11.9. The second-order valence-corrected chi connectivity index (χ2v) is 11.7. The van der Waals surface area contributed by atoms with E-state index in [1.54, 1.807) is 13.0 Å². The number of aromatic nitrogens is 1. The van der Waals surface area contributed by atoms with Gasteiger partial charge in [0.1, 0.15) is 5.78 Å². The van der Waals surface area contributed by atoms with Gasteiger partial charge >= 0.3 is 0 Å². The number of hydrazine groups is 1. The first-order valence-corrected chi connectivity index (χ1v) is 16.8. The first-order valence-electron chi connectivity index (χ1n) is 16.8. The average molecular weight is 630 g/mol. The molecule has 0 unspecified atom stereocenters. The van der Waals surface area contributed by atoms with Crippen LogP contribution in [-0.4, -0.2) is 16.7 Å². The molecule has 1 aliphatic carbocycles. The number of H-pyrrole nitrogens is 1. The first-order chi connectivity index (χ1) is 22.9. The Morgan fingerprint density at radius 2 is 1.36 bits per heavy atom. The van der Waals surface area contributed by atoms with Crippen molar-refractivity contribution in [2.75, 3.05) is 0 Å². The number of Topliss-reactive ketones (excluding diaryl/α,β-unsaturated/α-hetero) is 1. The van der Waals surface area contributed by atoms with Gasteiger partial charge in [-0.2, -0.15) is 0 Å². The number of unbranched alkanes of at least 4 members (excludes halogenated alkanes) is 1. The minimum absolute atomic E-state index is 0.0730. The van der Waals surface area contributed by atoms with Crippen molar-refractivity contribution in [3.63, 3.8) is 0 Å². The van der Waals surface area contributed by atoms with Crippen LogP contribution in [0.4, 0.5) is 0 Å². The molecule has 0 saturated carbocycles. The van der Waals surface area contributed by atoms with Crippen molar-refractivity contribution in [1.82, 2.24) is 10.4 Å². The second-order valence-electron chi connectivity index (χ2n) is 11.7. The van der Waals surface area contributed by atoms with Gasteiger partial charge in [-0.1, -0.05) is 138 Å². The molecule has 0 saturated heterocycles. The zero-order valence-corrected chi connectivity index (χ0v) is 28.7. The Morgan fingerprint density at radius 1 is 0.787 bits per heavy atom. The van der Waals surface area contributed by atoms with Crippen molar-refractivity contribution in [2.45, 2.75) is 79.1 Å². The molecule has 246 valence electrons. The molecule has 47 heavy (non-hydrogen) atoms. The molecule has 1 heterocycles. The number of para-hydroxylation sites is 1. The number of nitrogens with two attached hydrogens (primary N) is 1. The quantitative estimate of drug-likeness (QED) is 0.0725. The molecule has 0 radical (unpaired) electrons. The molecule has 0 aliphatic heterocycles. The molecule has 6 rings (SSSR count). The number of hydrogen-bond donors (Lipinski definition) is 3. The van der Waals surface area contributed by atoms with Crippen LogP contribution in [0.3, 0.4) is 0 Å². The van der Waals surface area contributed by atoms with Gasteiger partial charge < -0.3 is 4.98 Å². The molecule has 4 aromatic carbocycles. The fourth-order valence-electron chi connectivity index (χ4n) is 5.46. The van der Waals surface area contributed by atoms with Crippen molar-refractivity contribution in [1.29, 1.82) is 0 Å². The normalized spacial score (nSPS) is 11.5. The largest absolute Gasteiger partial charge is 0.361 e. The van der Waals surface area contributed by atoms with E-state index in [-0.39, 0.29) is 17.6 Å². The van der Waals surface area contributed by atoms with E-state index >= 15 is 0 Å². The van der Waals surface area contributed by atoms with Gasteiger partial charge in [0.2, 0.25) is 0 Å². The summed E-state index contributed by atoms with van der Waals surface area (Å²) in [4.78, 5) is 26.0. The standard InChI is InChI=1S/C16H14O.C11H14N2O.C11H13N.C4H10/c1-11(17)16-14-8-4-2-6-12(14)10-13-7-3-5-9-15(13)16;1-2-9-3-5-10(6-4-9)7-8-11(14)13-12;1-2-5-9-8-12-11-7-4-3-6-10(9)11;1-3-4-2/h2-9,16H,10H2,1H3;3-8H,2,12H2,1H3,(H,13,14);3-4,6-8,12H,2,5H2,1H3;3-4H2,1-2H3/b;8-7+;;. The summed E-state index contributed by atoms with van der Waals surface area (Å²) >= 11 is 0. The summed E-state index contributed by atoms with van der Waals surface area (Å²) in [5.74, 6) is 4.78. The number of benzene rings is 4. The molecule has 1 amide bonds. The van der Waals surface area contributed by atoms with Crippen LogP contribution in [0.1, 0.15) is 98.7 Å². The molecular formula is C42H51N3O2. The summed E-state index contributed by atoms with van der Waals surface area (Å²) < 4.78 is 0. The van der Waals surface area contributed by atoms with Crippen LogP contribution < -0.4 is 11.3 Å². The van der Waals surface area contributed by atoms with Crippen LogP contribution in [0.2, 0.25) is 0 Å². The van der Waals surface area contributed by atoms with E-state index in [0.717, 1.165) is 18.4 Å². The number of carbonyl (C=O) groups is 2. The lowest BCUT2D eigenvalue weighted by Crippen LogP contribution is -2.27. The number of nitrogens with one attached hydrogen (secondary N) is 2. The molecule has 0 fully saturated rings. The molecule has 5 heteroatoms. The van der Waals surface area contributed by atoms with E-state index in [2.05, 4.69) is 87.4 Å². The Balaban J connectivity index is 0.000000184. The van der Waals surface area contributed by atoms with Gasteiger partial charge in [0, 0.05) is 23.2 Å². The summed E-state index contributed by atoms with van der Waals surface area (Å²) in [7, 11) is 0. The number of amides is 1. The Morgan fingerprint density at radius 3 is 1.89 bits per heavy atom. The molecule has 5 nitrogen and oxygen atoms in total. The maximum absolute atomic E-state index is 11.9. The van der Waals surface area contributed by atoms with E-state index in [4.69, 9.17) is 5.84 Å². The first kappa shape index (κ1) is 36.7. The van der Waals surface area contributed by atoms with E-state index in [1.807, 2.05) is 54.0 Å². The number of carbonyl (C=O) groups excluding carboxylic acids is 2. The van der Waals surface area contributed by atoms with Crippen LogP contribution in [0, 0.1) is 0 Å². The highest BCUT2D eigenvalue weighted by Gasteiger charge is 2.27. The van der Waals surface area contributed by atoms with Gasteiger partial charge in [0.25, 0.3) is 5.91 Å². The molecule has 1 aliphatic rings. The SMILES string of the molecule is CC(=O)C1c2ccccc2Cc2ccccc21.CCCC.CCCc1c[nH]c2ccccc12.CCc1ccc(/C=C/C(=O)NN)cc1. The molecule has 1 aromatic heterocycles. The molecule has 0 bridgehead atoms. The fourth-order valence-corrected chi connectivity index (χ4v) is 5.46. The van der Waals surface area contributed by atoms with Crippen LogP contribution in [0.15, 0.2) is 109 Å². The zero-order valence-electron chi connectivity index (χ0n) is 28.7. The Kier molecular flexibility index (Phi) is 15.4. The van der Waals surface area contributed by atoms with Crippen molar-refractivity contribution in [2.24, 2.45) is 5.84 Å². The van der Waals surface area contributed by atoms with Gasteiger partial charge in [-0.15, -0.1) is 0 Å². The second kappa shape index (κ2) is 19.7. The summed E-state index contributed by atoms with van der Waals surface area (Å²) in [6, 6.07) is 33.0. The lowest BCUT2D eigenvalue weighted by Gasteiger charge is -2.26. The predicted molar refractivity (Wildman–Crippen MR) is 198 cm³/mol. The predicted octanol–water partition coefficient (Wildman–Crippen LogP) is 9.49. The molecule has 0 atom stereocenters. The maximum Gasteiger partial charge on any atom is 0.257 e. The van der Waals surface area contributed by atoms with E-state index < -0.39 is 0 Å². The van der Waals surface area contributed by atoms with Crippen molar-refractivity contribution in [3.05, 3.63) is 148 Å². The monoisotopic (exact) mass is 629 g/mol. The van der Waals surface area contributed by atoms with Crippen LogP contribution in [0.25, 0.3) is 17.0 Å². The number of aryl methyl sites for hydroxylation is 2. The molecule has 4 N–H and O–H groups in total. The fraction of sp³-hybridized carbons (Fsp3) is 0.286. The van der Waals surface area contributed by atoms with Crippen LogP contribution in [0.5, 0.6) is 0 Å². The lowest BCUT2D eigenvalue weighted by molar-refractivity contribution is -0.118. The Labute approximate surface area is 281 Å². The summed E-state index contributed by atoms with van der Waals surface area (Å²) in [5.41, 5.74) is 11.9. The smallest absolute Gasteiger partial charge is 0.257 e. The van der Waals surface area contributed by atoms with Gasteiger partial charge in [0.15, 0.2) is 0 Å². The Hall–Kier alpha value is -4.74. The minimum Gasteiger partial charge on any atom is -0.361 e. The summed E-state index contributed by atoms with van der Waals surface area (Å²) in [5, 5.41) is 1.37. The number of hydrogen-bond acceptors (Lipinski definition) is 3. The summed E-state index contributed by atoms with van der Waals surface area (Å²) in [6.45, 7) is 10.4. The van der Waals surface area contributed by atoms with Gasteiger partial charge in [-0.3, -0.25) is 15.0 Å². The third-order valence-electron chi connectivity index (χ3n) is 8.17. The van der Waals surface area contributed by atoms with Crippen LogP contribution >= 0.6 is 0 Å². The van der Waals surface area contributed by atoms with Gasteiger partial charge in [0.05, 0.1) is 5.92 Å². The lowest BCUT2D eigenvalue weighted by atomic mass is 9.76. The van der Waals surface area contributed by atoms with Gasteiger partial charge in [-0.25, -0.2) is 5.84 Å². The van der Waals surface area contributed by atoms with E-state index in [1.165, 1.54) is 76.0 Å². The molecular weight excluding hydrogens is 578 g/mol. The highest BCUT2D eigenvalue weighted by molar-refractivity contribution is 5.91. The van der Waals surface area contributed by atoms with Gasteiger partial charge in [-0.05, 0) is 77.3 Å².